The first kappa shape index (κ1) is 21.5. The maximum atomic E-state index is 12.2. The van der Waals surface area contributed by atoms with Crippen LogP contribution in [0.25, 0.3) is 11.0 Å². The number of carbonyl (C=O) groups is 2. The first-order valence-corrected chi connectivity index (χ1v) is 8.29. The Hall–Kier alpha value is -2.79. The third-order valence-electron chi connectivity index (χ3n) is 3.99. The first-order chi connectivity index (χ1) is 13.1. The molecule has 1 aliphatic heterocycles. The quantitative estimate of drug-likeness (QED) is 0.719. The monoisotopic (exact) mass is 403 g/mol. The molecule has 2 aromatic rings. The molecule has 11 heteroatoms. The zero-order valence-electron chi connectivity index (χ0n) is 15.0. The molecule has 28 heavy (non-hydrogen) atoms. The number of nitrogens with one attached hydrogen (secondary N) is 1. The molecule has 0 unspecified atom stereocenters. The van der Waals surface area contributed by atoms with Crippen LogP contribution in [-0.4, -0.2) is 54.4 Å². The summed E-state index contributed by atoms with van der Waals surface area (Å²) in [5.41, 5.74) is 9.37. The van der Waals surface area contributed by atoms with Crippen molar-refractivity contribution in [1.82, 2.24) is 10.4 Å². The number of carbonyl (C=O) groups excluding carboxylic acids is 1. The molecule has 0 bridgehead atoms. The molecule has 3 rings (SSSR count). The number of hydrazine groups is 1. The molecule has 8 nitrogen and oxygen atoms in total. The van der Waals surface area contributed by atoms with E-state index in [1.807, 2.05) is 11.1 Å². The van der Waals surface area contributed by atoms with Crippen molar-refractivity contribution in [3.63, 3.8) is 0 Å². The Balaban J connectivity index is 0.000000345. The van der Waals surface area contributed by atoms with Gasteiger partial charge in [0.25, 0.3) is 0 Å². The largest absolute Gasteiger partial charge is 0.497 e. The van der Waals surface area contributed by atoms with Crippen molar-refractivity contribution in [3.05, 3.63) is 30.0 Å². The molecule has 0 atom stereocenters. The lowest BCUT2D eigenvalue weighted by atomic mass is 10.1. The Labute approximate surface area is 158 Å². The topological polar surface area (TPSA) is 118 Å². The molecule has 1 aromatic heterocycles. The van der Waals surface area contributed by atoms with Gasteiger partial charge in [-0.05, 0) is 37.1 Å². The summed E-state index contributed by atoms with van der Waals surface area (Å²) in [5, 5.41) is 9.86. The number of rotatable bonds is 3. The van der Waals surface area contributed by atoms with Gasteiger partial charge >= 0.3 is 18.1 Å². The number of ether oxygens (including phenoxy) is 1. The van der Waals surface area contributed by atoms with E-state index < -0.39 is 12.1 Å². The van der Waals surface area contributed by atoms with Gasteiger partial charge < -0.3 is 20.0 Å². The first-order valence-electron chi connectivity index (χ1n) is 8.29. The van der Waals surface area contributed by atoms with Crippen molar-refractivity contribution in [1.29, 1.82) is 0 Å². The molecule has 0 spiro atoms. The summed E-state index contributed by atoms with van der Waals surface area (Å²) < 4.78 is 42.5. The summed E-state index contributed by atoms with van der Waals surface area (Å²) in [6, 6.07) is 7.40. The molecule has 154 valence electrons. The SMILES string of the molecule is COc1ccc2oc(C(=O)NN3CCC(N)CC3)cc2c1.O=C(O)C(F)(F)F. The number of hydrogen-bond acceptors (Lipinski definition) is 6. The zero-order chi connectivity index (χ0) is 20.9. The number of methoxy groups -OCH3 is 1. The van der Waals surface area contributed by atoms with Crippen LogP contribution in [0.1, 0.15) is 23.4 Å². The maximum Gasteiger partial charge on any atom is 0.490 e. The summed E-state index contributed by atoms with van der Waals surface area (Å²) in [6.07, 6.45) is -3.31. The number of carboxylic acids is 1. The van der Waals surface area contributed by atoms with E-state index in [0.717, 1.165) is 37.1 Å². The summed E-state index contributed by atoms with van der Waals surface area (Å²) in [4.78, 5) is 21.1. The van der Waals surface area contributed by atoms with E-state index in [2.05, 4.69) is 5.43 Å². The zero-order valence-corrected chi connectivity index (χ0v) is 15.0. The molecule has 1 saturated heterocycles. The lowest BCUT2D eigenvalue weighted by Crippen LogP contribution is -2.49. The van der Waals surface area contributed by atoms with Gasteiger partial charge in [-0.2, -0.15) is 13.2 Å². The third-order valence-corrected chi connectivity index (χ3v) is 3.99. The maximum absolute atomic E-state index is 12.2. The van der Waals surface area contributed by atoms with Crippen LogP contribution in [0.15, 0.2) is 28.7 Å². The predicted octanol–water partition coefficient (Wildman–Crippen LogP) is 2.14. The van der Waals surface area contributed by atoms with Gasteiger partial charge in [0.15, 0.2) is 5.76 Å². The smallest absolute Gasteiger partial charge is 0.490 e. The summed E-state index contributed by atoms with van der Waals surface area (Å²) >= 11 is 0. The van der Waals surface area contributed by atoms with Crippen molar-refractivity contribution in [2.24, 2.45) is 5.73 Å². The summed E-state index contributed by atoms with van der Waals surface area (Å²) in [7, 11) is 1.61. The Morgan fingerprint density at radius 1 is 1.29 bits per heavy atom. The fourth-order valence-corrected chi connectivity index (χ4v) is 2.47. The molecule has 4 N–H and O–H groups in total. The van der Waals surface area contributed by atoms with Crippen LogP contribution in [-0.2, 0) is 4.79 Å². The molecule has 0 saturated carbocycles. The van der Waals surface area contributed by atoms with E-state index in [0.29, 0.717) is 11.3 Å². The van der Waals surface area contributed by atoms with Crippen LogP contribution in [0.5, 0.6) is 5.75 Å². The number of piperidine rings is 1. The molecular formula is C17H20F3N3O5. The number of aliphatic carboxylic acids is 1. The molecule has 2 heterocycles. The number of halogens is 3. The minimum Gasteiger partial charge on any atom is -0.497 e. The van der Waals surface area contributed by atoms with Crippen LogP contribution < -0.4 is 15.9 Å². The molecule has 0 radical (unpaired) electrons. The lowest BCUT2D eigenvalue weighted by Gasteiger charge is -2.29. The molecule has 1 fully saturated rings. The highest BCUT2D eigenvalue weighted by molar-refractivity contribution is 5.96. The highest BCUT2D eigenvalue weighted by atomic mass is 19.4. The second-order valence-electron chi connectivity index (χ2n) is 6.08. The van der Waals surface area contributed by atoms with Crippen molar-refractivity contribution in [2.75, 3.05) is 20.2 Å². The van der Waals surface area contributed by atoms with Crippen molar-refractivity contribution >= 4 is 22.8 Å². The second kappa shape index (κ2) is 8.93. The number of furan rings is 1. The number of nitrogens with zero attached hydrogens (tertiary/aromatic N) is 1. The minimum absolute atomic E-state index is 0.233. The Bertz CT molecular complexity index is 829. The Morgan fingerprint density at radius 2 is 1.89 bits per heavy atom. The fraction of sp³-hybridized carbons (Fsp3) is 0.412. The van der Waals surface area contributed by atoms with Crippen LogP contribution in [0.4, 0.5) is 13.2 Å². The van der Waals surface area contributed by atoms with Gasteiger partial charge in [-0.1, -0.05) is 0 Å². The van der Waals surface area contributed by atoms with E-state index in [4.69, 9.17) is 24.8 Å². The van der Waals surface area contributed by atoms with E-state index in [9.17, 15) is 18.0 Å². The van der Waals surface area contributed by atoms with Crippen LogP contribution in [0.2, 0.25) is 0 Å². The molecule has 0 aliphatic carbocycles. The molecule has 1 aromatic carbocycles. The highest BCUT2D eigenvalue weighted by Crippen LogP contribution is 2.24. The number of alkyl halides is 3. The number of fused-ring (bicyclic) bond motifs is 1. The van der Waals surface area contributed by atoms with E-state index in [1.165, 1.54) is 0 Å². The van der Waals surface area contributed by atoms with Gasteiger partial charge in [0.2, 0.25) is 0 Å². The van der Waals surface area contributed by atoms with Crippen molar-refractivity contribution < 1.29 is 37.0 Å². The van der Waals surface area contributed by atoms with Gasteiger partial charge in [0.1, 0.15) is 11.3 Å². The van der Waals surface area contributed by atoms with Gasteiger partial charge in [-0.3, -0.25) is 10.2 Å². The van der Waals surface area contributed by atoms with Gasteiger partial charge in [-0.25, -0.2) is 9.80 Å². The highest BCUT2D eigenvalue weighted by Gasteiger charge is 2.38. The third kappa shape index (κ3) is 5.86. The number of nitrogens with two attached hydrogens (primary N) is 1. The average Bonchev–Trinajstić information content (AvgIpc) is 3.06. The van der Waals surface area contributed by atoms with Crippen LogP contribution in [0, 0.1) is 0 Å². The second-order valence-corrected chi connectivity index (χ2v) is 6.08. The van der Waals surface area contributed by atoms with Gasteiger partial charge in [-0.15, -0.1) is 0 Å². The van der Waals surface area contributed by atoms with E-state index in [1.54, 1.807) is 25.3 Å². The minimum atomic E-state index is -5.08. The summed E-state index contributed by atoms with van der Waals surface area (Å²) in [5.74, 6) is -1.96. The molecule has 1 aliphatic rings. The van der Waals surface area contributed by atoms with Crippen molar-refractivity contribution in [3.8, 4) is 5.75 Å². The number of amides is 1. The standard InChI is InChI=1S/C15H19N3O3.C2HF3O2/c1-20-12-2-3-13-10(8-12)9-14(21-13)15(19)17-18-6-4-11(16)5-7-18;3-2(4,5)1(6)7/h2-3,8-9,11H,4-7,16H2,1H3,(H,17,19);(H,6,7). The predicted molar refractivity (Wildman–Crippen MR) is 92.7 cm³/mol. The van der Waals surface area contributed by atoms with Crippen LogP contribution >= 0.6 is 0 Å². The van der Waals surface area contributed by atoms with Gasteiger partial charge in [0.05, 0.1) is 7.11 Å². The van der Waals surface area contributed by atoms with E-state index >= 15 is 0 Å². The Morgan fingerprint density at radius 3 is 2.43 bits per heavy atom. The average molecular weight is 403 g/mol. The van der Waals surface area contributed by atoms with Crippen LogP contribution in [0.3, 0.4) is 0 Å². The number of carboxylic acid groups (broad SMARTS) is 1. The number of hydrogen-bond donors (Lipinski definition) is 3. The van der Waals surface area contributed by atoms with Gasteiger partial charge in [0, 0.05) is 24.5 Å². The number of benzene rings is 1. The normalized spacial score (nSPS) is 15.6. The summed E-state index contributed by atoms with van der Waals surface area (Å²) in [6.45, 7) is 1.53. The van der Waals surface area contributed by atoms with Crippen molar-refractivity contribution in [2.45, 2.75) is 25.1 Å². The molecule has 1 amide bonds. The fourth-order valence-electron chi connectivity index (χ4n) is 2.47. The van der Waals surface area contributed by atoms with E-state index in [-0.39, 0.29) is 11.9 Å². The Kier molecular flexibility index (Phi) is 6.86. The lowest BCUT2D eigenvalue weighted by molar-refractivity contribution is -0.192. The molecular weight excluding hydrogens is 383 g/mol.